The summed E-state index contributed by atoms with van der Waals surface area (Å²) < 4.78 is 43.3. The number of nitrogens with one attached hydrogen (secondary N) is 2. The lowest BCUT2D eigenvalue weighted by molar-refractivity contribution is -0.153. The molecule has 2 N–H and O–H groups in total. The van der Waals surface area contributed by atoms with Crippen LogP contribution in [0.3, 0.4) is 0 Å². The Labute approximate surface area is 207 Å². The number of rotatable bonds is 8. The van der Waals surface area contributed by atoms with Crippen molar-refractivity contribution in [2.75, 3.05) is 13.2 Å². The van der Waals surface area contributed by atoms with Gasteiger partial charge in [0.1, 0.15) is 17.4 Å². The zero-order valence-electron chi connectivity index (χ0n) is 18.3. The average molecular weight is 574 g/mol. The first-order chi connectivity index (χ1) is 15.3. The highest BCUT2D eigenvalue weighted by atomic mass is 127. The fraction of sp³-hybridized carbons (Fsp3) is 0.318. The van der Waals surface area contributed by atoms with E-state index in [1.807, 2.05) is 36.7 Å². The van der Waals surface area contributed by atoms with Crippen LogP contribution in [-0.2, 0) is 13.1 Å². The van der Waals surface area contributed by atoms with Gasteiger partial charge in [0.05, 0.1) is 6.54 Å². The standard InChI is InChI=1S/C22H25F3N6O.HI/c1-3-26-21(29-12-17-4-7-19(8-5-17)32-15-22(23,24)25)30-14-18-6-9-20(28-13-18)31-11-10-27-16(31)2;/h4-11,13H,3,12,14-15H2,1-2H3,(H2,26,29,30);1H. The molecule has 3 aromatic rings. The highest BCUT2D eigenvalue weighted by molar-refractivity contribution is 14.0. The largest absolute Gasteiger partial charge is 0.484 e. The van der Waals surface area contributed by atoms with E-state index in [4.69, 9.17) is 4.74 Å². The smallest absolute Gasteiger partial charge is 0.422 e. The van der Waals surface area contributed by atoms with Gasteiger partial charge in [-0.25, -0.2) is 15.0 Å². The summed E-state index contributed by atoms with van der Waals surface area (Å²) in [4.78, 5) is 13.2. The topological polar surface area (TPSA) is 76.4 Å². The first kappa shape index (κ1) is 26.4. The van der Waals surface area contributed by atoms with Crippen LogP contribution >= 0.6 is 24.0 Å². The van der Waals surface area contributed by atoms with Gasteiger partial charge in [0, 0.05) is 31.7 Å². The van der Waals surface area contributed by atoms with Crippen LogP contribution in [0.4, 0.5) is 13.2 Å². The molecule has 0 saturated carbocycles. The van der Waals surface area contributed by atoms with Crippen molar-refractivity contribution in [1.29, 1.82) is 0 Å². The van der Waals surface area contributed by atoms with Gasteiger partial charge in [-0.3, -0.25) is 4.57 Å². The molecule has 33 heavy (non-hydrogen) atoms. The number of hydrogen-bond acceptors (Lipinski definition) is 4. The molecule has 0 aliphatic rings. The van der Waals surface area contributed by atoms with Crippen molar-refractivity contribution in [3.63, 3.8) is 0 Å². The molecule has 0 unspecified atom stereocenters. The lowest BCUT2D eigenvalue weighted by Gasteiger charge is -2.12. The number of benzene rings is 1. The highest BCUT2D eigenvalue weighted by Crippen LogP contribution is 2.18. The number of nitrogens with zero attached hydrogens (tertiary/aromatic N) is 4. The van der Waals surface area contributed by atoms with Crippen molar-refractivity contribution in [2.45, 2.75) is 33.1 Å². The first-order valence-corrected chi connectivity index (χ1v) is 10.1. The fourth-order valence-electron chi connectivity index (χ4n) is 2.84. The summed E-state index contributed by atoms with van der Waals surface area (Å²) in [7, 11) is 0. The van der Waals surface area contributed by atoms with E-state index in [1.54, 1.807) is 24.5 Å². The van der Waals surface area contributed by atoms with Crippen molar-refractivity contribution in [2.24, 2.45) is 4.99 Å². The molecule has 0 saturated heterocycles. The zero-order chi connectivity index (χ0) is 23.0. The van der Waals surface area contributed by atoms with E-state index >= 15 is 0 Å². The maximum atomic E-state index is 12.2. The Balaban J connectivity index is 0.00000385. The van der Waals surface area contributed by atoms with Gasteiger partial charge in [0.25, 0.3) is 0 Å². The van der Waals surface area contributed by atoms with Crippen molar-refractivity contribution in [1.82, 2.24) is 25.2 Å². The molecular weight excluding hydrogens is 548 g/mol. The molecule has 2 heterocycles. The van der Waals surface area contributed by atoms with Crippen LogP contribution in [0.25, 0.3) is 5.82 Å². The molecule has 7 nitrogen and oxygen atoms in total. The Kier molecular flexibility index (Phi) is 9.95. The fourth-order valence-corrected chi connectivity index (χ4v) is 2.84. The van der Waals surface area contributed by atoms with Crippen LogP contribution in [0.2, 0.25) is 0 Å². The van der Waals surface area contributed by atoms with Gasteiger partial charge in [0.15, 0.2) is 12.6 Å². The van der Waals surface area contributed by atoms with Gasteiger partial charge in [-0.2, -0.15) is 13.2 Å². The minimum atomic E-state index is -4.36. The summed E-state index contributed by atoms with van der Waals surface area (Å²) >= 11 is 0. The molecule has 3 rings (SSSR count). The monoisotopic (exact) mass is 574 g/mol. The molecule has 0 radical (unpaired) electrons. The van der Waals surface area contributed by atoms with Gasteiger partial charge in [0.2, 0.25) is 0 Å². The summed E-state index contributed by atoms with van der Waals surface area (Å²) in [5.41, 5.74) is 1.84. The van der Waals surface area contributed by atoms with Gasteiger partial charge in [-0.1, -0.05) is 18.2 Å². The molecule has 0 bridgehead atoms. The SMILES string of the molecule is CCNC(=NCc1ccc(-n2ccnc2C)nc1)NCc1ccc(OCC(F)(F)F)cc1.I. The van der Waals surface area contributed by atoms with E-state index in [1.165, 1.54) is 12.1 Å². The predicted molar refractivity (Wildman–Crippen MR) is 131 cm³/mol. The summed E-state index contributed by atoms with van der Waals surface area (Å²) in [6.45, 7) is 4.16. The van der Waals surface area contributed by atoms with Crippen LogP contribution in [0.15, 0.2) is 60.0 Å². The molecule has 0 aliphatic heterocycles. The molecular formula is C22H26F3IN6O. The quantitative estimate of drug-likeness (QED) is 0.237. The number of alkyl halides is 3. The molecule has 0 aliphatic carbocycles. The van der Waals surface area contributed by atoms with Gasteiger partial charge < -0.3 is 15.4 Å². The lowest BCUT2D eigenvalue weighted by atomic mass is 10.2. The van der Waals surface area contributed by atoms with Crippen molar-refractivity contribution < 1.29 is 17.9 Å². The highest BCUT2D eigenvalue weighted by Gasteiger charge is 2.28. The molecule has 2 aromatic heterocycles. The van der Waals surface area contributed by atoms with E-state index in [0.717, 1.165) is 22.8 Å². The summed E-state index contributed by atoms with van der Waals surface area (Å²) in [5, 5.41) is 6.38. The third-order valence-electron chi connectivity index (χ3n) is 4.43. The predicted octanol–water partition coefficient (Wildman–Crippen LogP) is 4.39. The minimum Gasteiger partial charge on any atom is -0.484 e. The Bertz CT molecular complexity index is 1020. The Morgan fingerprint density at radius 2 is 1.79 bits per heavy atom. The average Bonchev–Trinajstić information content (AvgIpc) is 3.20. The third kappa shape index (κ3) is 8.56. The number of aryl methyl sites for hydroxylation is 1. The Hall–Kier alpha value is -2.83. The van der Waals surface area contributed by atoms with Crippen LogP contribution < -0.4 is 15.4 Å². The second-order valence-electron chi connectivity index (χ2n) is 6.97. The summed E-state index contributed by atoms with van der Waals surface area (Å²) in [6.07, 6.45) is 1.01. The number of aromatic nitrogens is 3. The normalized spacial score (nSPS) is 11.6. The summed E-state index contributed by atoms with van der Waals surface area (Å²) in [6, 6.07) is 10.3. The van der Waals surface area contributed by atoms with Crippen molar-refractivity contribution >= 4 is 29.9 Å². The van der Waals surface area contributed by atoms with Gasteiger partial charge in [-0.05, 0) is 43.2 Å². The Morgan fingerprint density at radius 3 is 2.36 bits per heavy atom. The van der Waals surface area contributed by atoms with Crippen LogP contribution in [0.1, 0.15) is 23.9 Å². The molecule has 11 heteroatoms. The maximum absolute atomic E-state index is 12.2. The van der Waals surface area contributed by atoms with E-state index in [9.17, 15) is 13.2 Å². The molecule has 0 amide bonds. The second kappa shape index (κ2) is 12.4. The minimum absolute atomic E-state index is 0. The van der Waals surface area contributed by atoms with E-state index in [0.29, 0.717) is 25.6 Å². The lowest BCUT2D eigenvalue weighted by Crippen LogP contribution is -2.36. The van der Waals surface area contributed by atoms with E-state index in [2.05, 4.69) is 25.6 Å². The number of pyridine rings is 1. The number of guanidine groups is 1. The number of hydrogen-bond donors (Lipinski definition) is 2. The molecule has 1 aromatic carbocycles. The number of imidazole rings is 1. The zero-order valence-corrected chi connectivity index (χ0v) is 20.6. The second-order valence-corrected chi connectivity index (χ2v) is 6.97. The van der Waals surface area contributed by atoms with Crippen LogP contribution in [-0.4, -0.2) is 39.8 Å². The maximum Gasteiger partial charge on any atom is 0.422 e. The van der Waals surface area contributed by atoms with Gasteiger partial charge >= 0.3 is 6.18 Å². The number of ether oxygens (including phenoxy) is 1. The third-order valence-corrected chi connectivity index (χ3v) is 4.43. The number of halogens is 4. The van der Waals surface area contributed by atoms with Crippen molar-refractivity contribution in [3.05, 3.63) is 71.9 Å². The molecule has 0 spiro atoms. The Morgan fingerprint density at radius 1 is 1.06 bits per heavy atom. The first-order valence-electron chi connectivity index (χ1n) is 10.1. The van der Waals surface area contributed by atoms with Crippen LogP contribution in [0, 0.1) is 6.92 Å². The molecule has 178 valence electrons. The van der Waals surface area contributed by atoms with Gasteiger partial charge in [-0.15, -0.1) is 24.0 Å². The molecule has 0 atom stereocenters. The summed E-state index contributed by atoms with van der Waals surface area (Å²) in [5.74, 6) is 2.45. The van der Waals surface area contributed by atoms with Crippen LogP contribution in [0.5, 0.6) is 5.75 Å². The van der Waals surface area contributed by atoms with E-state index < -0.39 is 12.8 Å². The molecule has 0 fully saturated rings. The van der Waals surface area contributed by atoms with E-state index in [-0.39, 0.29) is 29.7 Å². The number of aliphatic imine (C=N–C) groups is 1. The van der Waals surface area contributed by atoms with Crippen molar-refractivity contribution in [3.8, 4) is 11.6 Å².